The van der Waals surface area contributed by atoms with Gasteiger partial charge in [0, 0.05) is 18.5 Å². The molecule has 112 valence electrons. The Kier molecular flexibility index (Phi) is 6.10. The summed E-state index contributed by atoms with van der Waals surface area (Å²) in [5.41, 5.74) is 0. The molecular weight excluding hydrogens is 257 g/mol. The van der Waals surface area contributed by atoms with Gasteiger partial charge in [0.2, 0.25) is 5.91 Å². The monoisotopic (exact) mass is 280 g/mol. The first-order valence-electron chi connectivity index (χ1n) is 6.94. The summed E-state index contributed by atoms with van der Waals surface area (Å²) in [4.78, 5) is 11.8. The third-order valence-electron chi connectivity index (χ3n) is 3.58. The van der Waals surface area contributed by atoms with E-state index in [1.54, 1.807) is 0 Å². The van der Waals surface area contributed by atoms with Crippen LogP contribution in [0.4, 0.5) is 13.2 Å². The smallest absolute Gasteiger partial charge is 0.353 e. The standard InChI is InChI=1S/C13H23F3N2O/c1-3-17-9(2)8-12(19)18-11-7-5-4-6-10(11)13(14,15)16/h9-11,17H,3-8H2,1-2H3,(H,18,19). The van der Waals surface area contributed by atoms with E-state index < -0.39 is 18.1 Å². The van der Waals surface area contributed by atoms with Crippen LogP contribution in [0.15, 0.2) is 0 Å². The normalized spacial score (nSPS) is 25.9. The summed E-state index contributed by atoms with van der Waals surface area (Å²) in [6.07, 6.45) is -2.12. The van der Waals surface area contributed by atoms with E-state index in [9.17, 15) is 18.0 Å². The predicted octanol–water partition coefficient (Wildman–Crippen LogP) is 2.61. The van der Waals surface area contributed by atoms with Gasteiger partial charge in [-0.25, -0.2) is 0 Å². The van der Waals surface area contributed by atoms with Gasteiger partial charge in [-0.1, -0.05) is 19.8 Å². The van der Waals surface area contributed by atoms with Crippen LogP contribution >= 0.6 is 0 Å². The Morgan fingerprint density at radius 1 is 1.32 bits per heavy atom. The molecule has 0 aromatic heterocycles. The topological polar surface area (TPSA) is 41.1 Å². The molecule has 3 unspecified atom stereocenters. The molecular formula is C13H23F3N2O. The fraction of sp³-hybridized carbons (Fsp3) is 0.923. The van der Waals surface area contributed by atoms with E-state index in [4.69, 9.17) is 0 Å². The van der Waals surface area contributed by atoms with Crippen molar-refractivity contribution in [2.24, 2.45) is 5.92 Å². The van der Waals surface area contributed by atoms with Crippen LogP contribution in [0, 0.1) is 5.92 Å². The van der Waals surface area contributed by atoms with Crippen LogP contribution in [0.2, 0.25) is 0 Å². The zero-order chi connectivity index (χ0) is 14.5. The first kappa shape index (κ1) is 16.3. The van der Waals surface area contributed by atoms with Crippen LogP contribution in [0.3, 0.4) is 0 Å². The molecule has 0 saturated heterocycles. The van der Waals surface area contributed by atoms with Gasteiger partial charge in [-0.15, -0.1) is 0 Å². The number of hydrogen-bond acceptors (Lipinski definition) is 2. The van der Waals surface area contributed by atoms with Crippen LogP contribution in [0.5, 0.6) is 0 Å². The lowest BCUT2D eigenvalue weighted by Gasteiger charge is -2.33. The highest BCUT2D eigenvalue weighted by molar-refractivity contribution is 5.76. The second-order valence-corrected chi connectivity index (χ2v) is 5.27. The average Bonchev–Trinajstić information content (AvgIpc) is 2.28. The number of carbonyl (C=O) groups excluding carboxylic acids is 1. The lowest BCUT2D eigenvalue weighted by molar-refractivity contribution is -0.189. The largest absolute Gasteiger partial charge is 0.393 e. The van der Waals surface area contributed by atoms with Crippen molar-refractivity contribution in [3.05, 3.63) is 0 Å². The minimum absolute atomic E-state index is 0.0158. The Morgan fingerprint density at radius 2 is 1.95 bits per heavy atom. The van der Waals surface area contributed by atoms with Gasteiger partial charge in [-0.05, 0) is 26.3 Å². The van der Waals surface area contributed by atoms with Gasteiger partial charge < -0.3 is 10.6 Å². The third kappa shape index (κ3) is 5.38. The van der Waals surface area contributed by atoms with Gasteiger partial charge in [-0.2, -0.15) is 13.2 Å². The molecule has 1 amide bonds. The van der Waals surface area contributed by atoms with Crippen molar-refractivity contribution in [3.8, 4) is 0 Å². The number of alkyl halides is 3. The third-order valence-corrected chi connectivity index (χ3v) is 3.58. The molecule has 0 heterocycles. The molecule has 1 saturated carbocycles. The minimum atomic E-state index is -4.22. The summed E-state index contributed by atoms with van der Waals surface area (Å²) in [5, 5.41) is 5.64. The summed E-state index contributed by atoms with van der Waals surface area (Å²) in [7, 11) is 0. The van der Waals surface area contributed by atoms with Gasteiger partial charge in [0.05, 0.1) is 5.92 Å². The van der Waals surface area contributed by atoms with Crippen LogP contribution in [0.1, 0.15) is 46.0 Å². The van der Waals surface area contributed by atoms with E-state index in [0.717, 1.165) is 13.0 Å². The first-order valence-corrected chi connectivity index (χ1v) is 6.94. The number of carbonyl (C=O) groups is 1. The molecule has 0 aromatic carbocycles. The zero-order valence-electron chi connectivity index (χ0n) is 11.5. The van der Waals surface area contributed by atoms with E-state index in [1.807, 2.05) is 13.8 Å². The number of halogens is 3. The molecule has 19 heavy (non-hydrogen) atoms. The maximum absolute atomic E-state index is 12.9. The van der Waals surface area contributed by atoms with Crippen LogP contribution < -0.4 is 10.6 Å². The molecule has 0 bridgehead atoms. The molecule has 1 aliphatic carbocycles. The lowest BCUT2D eigenvalue weighted by atomic mass is 9.84. The highest BCUT2D eigenvalue weighted by atomic mass is 19.4. The summed E-state index contributed by atoms with van der Waals surface area (Å²) < 4.78 is 38.6. The molecule has 6 heteroatoms. The van der Waals surface area contributed by atoms with Crippen LogP contribution in [-0.4, -0.2) is 30.7 Å². The molecule has 2 N–H and O–H groups in total. The quantitative estimate of drug-likeness (QED) is 0.813. The van der Waals surface area contributed by atoms with E-state index in [-0.39, 0.29) is 24.8 Å². The number of nitrogens with one attached hydrogen (secondary N) is 2. The van der Waals surface area contributed by atoms with Gasteiger partial charge in [0.15, 0.2) is 0 Å². The average molecular weight is 280 g/mol. The predicted molar refractivity (Wildman–Crippen MR) is 67.7 cm³/mol. The maximum atomic E-state index is 12.9. The second-order valence-electron chi connectivity index (χ2n) is 5.27. The molecule has 0 spiro atoms. The second kappa shape index (κ2) is 7.12. The highest BCUT2D eigenvalue weighted by Crippen LogP contribution is 2.37. The van der Waals surface area contributed by atoms with Crippen molar-refractivity contribution in [2.45, 2.75) is 64.2 Å². The SMILES string of the molecule is CCNC(C)CC(=O)NC1CCCCC1C(F)(F)F. The molecule has 1 rings (SSSR count). The molecule has 3 atom stereocenters. The molecule has 1 aliphatic rings. The fourth-order valence-electron chi connectivity index (χ4n) is 2.66. The van der Waals surface area contributed by atoms with Crippen molar-refractivity contribution in [1.29, 1.82) is 0 Å². The number of rotatable bonds is 5. The Balaban J connectivity index is 2.50. The first-order chi connectivity index (χ1) is 8.84. The van der Waals surface area contributed by atoms with Gasteiger partial charge in [-0.3, -0.25) is 4.79 Å². The molecule has 0 aromatic rings. The van der Waals surface area contributed by atoms with Crippen LogP contribution in [-0.2, 0) is 4.79 Å². The van der Waals surface area contributed by atoms with Gasteiger partial charge >= 0.3 is 6.18 Å². The van der Waals surface area contributed by atoms with Crippen molar-refractivity contribution in [2.75, 3.05) is 6.54 Å². The van der Waals surface area contributed by atoms with Gasteiger partial charge in [0.25, 0.3) is 0 Å². The van der Waals surface area contributed by atoms with Crippen molar-refractivity contribution in [3.63, 3.8) is 0 Å². The molecule has 0 aliphatic heterocycles. The minimum Gasteiger partial charge on any atom is -0.353 e. The van der Waals surface area contributed by atoms with E-state index in [0.29, 0.717) is 12.8 Å². The van der Waals surface area contributed by atoms with E-state index in [2.05, 4.69) is 10.6 Å². The highest BCUT2D eigenvalue weighted by Gasteiger charge is 2.45. The molecule has 0 radical (unpaired) electrons. The van der Waals surface area contributed by atoms with Crippen molar-refractivity contribution < 1.29 is 18.0 Å². The summed E-state index contributed by atoms with van der Waals surface area (Å²) in [5.74, 6) is -1.69. The number of amides is 1. The fourth-order valence-corrected chi connectivity index (χ4v) is 2.66. The summed E-state index contributed by atoms with van der Waals surface area (Å²) >= 11 is 0. The maximum Gasteiger partial charge on any atom is 0.393 e. The Bertz CT molecular complexity index is 294. The number of hydrogen-bond donors (Lipinski definition) is 2. The van der Waals surface area contributed by atoms with Gasteiger partial charge in [0.1, 0.15) is 0 Å². The Labute approximate surface area is 112 Å². The summed E-state index contributed by atoms with van der Waals surface area (Å²) in [6, 6.07) is -0.770. The Hall–Kier alpha value is -0.780. The zero-order valence-corrected chi connectivity index (χ0v) is 11.5. The lowest BCUT2D eigenvalue weighted by Crippen LogP contribution is -2.48. The van der Waals surface area contributed by atoms with Crippen molar-refractivity contribution in [1.82, 2.24) is 10.6 Å². The van der Waals surface area contributed by atoms with E-state index in [1.165, 1.54) is 0 Å². The Morgan fingerprint density at radius 3 is 2.53 bits per heavy atom. The summed E-state index contributed by atoms with van der Waals surface area (Å²) in [6.45, 7) is 4.52. The van der Waals surface area contributed by atoms with E-state index >= 15 is 0 Å². The van der Waals surface area contributed by atoms with Crippen LogP contribution in [0.25, 0.3) is 0 Å². The van der Waals surface area contributed by atoms with Crippen molar-refractivity contribution >= 4 is 5.91 Å². The molecule has 1 fully saturated rings. The molecule has 3 nitrogen and oxygen atoms in total.